The first-order chi connectivity index (χ1) is 17.3. The number of benzene rings is 2. The predicted octanol–water partition coefficient (Wildman–Crippen LogP) is 5.29. The second-order valence-corrected chi connectivity index (χ2v) is 10.3. The third-order valence-corrected chi connectivity index (χ3v) is 6.78. The van der Waals surface area contributed by atoms with Gasteiger partial charge in [-0.3, -0.25) is 0 Å². The minimum Gasteiger partial charge on any atom is -0.495 e. The van der Waals surface area contributed by atoms with Crippen LogP contribution in [-0.4, -0.2) is 42.3 Å². The van der Waals surface area contributed by atoms with Gasteiger partial charge in [0.25, 0.3) is 6.01 Å². The molecule has 11 heteroatoms. The van der Waals surface area contributed by atoms with Gasteiger partial charge in [-0.15, -0.1) is 0 Å². The third-order valence-electron chi connectivity index (χ3n) is 5.05. The van der Waals surface area contributed by atoms with E-state index in [0.29, 0.717) is 34.8 Å². The number of hydrogen-bond donors (Lipinski definition) is 2. The van der Waals surface area contributed by atoms with E-state index in [1.807, 2.05) is 26.0 Å². The maximum Gasteiger partial charge on any atom is 0.299 e. The second kappa shape index (κ2) is 10.6. The summed E-state index contributed by atoms with van der Waals surface area (Å²) in [7, 11) is -1.89. The Kier molecular flexibility index (Phi) is 7.39. The molecule has 0 saturated carbocycles. The molecule has 188 valence electrons. The Hall–Kier alpha value is -4.12. The Bertz CT molecular complexity index is 1450. The summed E-state index contributed by atoms with van der Waals surface area (Å²) in [6, 6.07) is 13.9. The molecule has 0 aliphatic rings. The van der Waals surface area contributed by atoms with Crippen molar-refractivity contribution in [3.8, 4) is 28.7 Å². The fourth-order valence-corrected chi connectivity index (χ4v) is 4.19. The lowest BCUT2D eigenvalue weighted by Gasteiger charge is -2.11. The minimum atomic E-state index is -3.39. The zero-order chi connectivity index (χ0) is 25.7. The summed E-state index contributed by atoms with van der Waals surface area (Å²) in [5.74, 6) is 2.38. The van der Waals surface area contributed by atoms with Crippen LogP contribution in [0.25, 0.3) is 11.3 Å². The molecule has 0 bridgehead atoms. The van der Waals surface area contributed by atoms with Gasteiger partial charge in [0.1, 0.15) is 11.5 Å². The van der Waals surface area contributed by atoms with Crippen molar-refractivity contribution in [1.82, 2.24) is 15.0 Å². The van der Waals surface area contributed by atoms with Crippen LogP contribution in [0.1, 0.15) is 20.8 Å². The summed E-state index contributed by atoms with van der Waals surface area (Å²) in [6.45, 7) is 5.60. The van der Waals surface area contributed by atoms with Crippen LogP contribution in [-0.2, 0) is 9.84 Å². The number of anilines is 3. The van der Waals surface area contributed by atoms with Gasteiger partial charge in [-0.25, -0.2) is 18.4 Å². The maximum atomic E-state index is 12.3. The van der Waals surface area contributed by atoms with Gasteiger partial charge in [0, 0.05) is 23.9 Å². The largest absolute Gasteiger partial charge is 0.495 e. The number of ether oxygens (including phenoxy) is 2. The molecule has 4 aromatic rings. The molecule has 0 fully saturated rings. The zero-order valence-electron chi connectivity index (χ0n) is 20.3. The molecule has 0 aliphatic heterocycles. The highest BCUT2D eigenvalue weighted by atomic mass is 32.2. The molecule has 2 N–H and O–H groups in total. The van der Waals surface area contributed by atoms with Crippen LogP contribution in [0, 0.1) is 0 Å². The van der Waals surface area contributed by atoms with Crippen LogP contribution in [0.15, 0.2) is 70.2 Å². The normalized spacial score (nSPS) is 11.4. The van der Waals surface area contributed by atoms with Gasteiger partial charge in [0.15, 0.2) is 15.6 Å². The molecule has 0 spiro atoms. The molecule has 36 heavy (non-hydrogen) atoms. The van der Waals surface area contributed by atoms with E-state index >= 15 is 0 Å². The number of hydrogen-bond acceptors (Lipinski definition) is 10. The van der Waals surface area contributed by atoms with E-state index in [9.17, 15) is 8.42 Å². The number of rotatable bonds is 10. The first-order valence-electron chi connectivity index (χ1n) is 11.3. The second-order valence-electron chi connectivity index (χ2n) is 8.07. The van der Waals surface area contributed by atoms with E-state index in [-0.39, 0.29) is 22.7 Å². The fraction of sp³-hybridized carbons (Fsp3) is 0.240. The molecule has 0 atom stereocenters. The van der Waals surface area contributed by atoms with Crippen molar-refractivity contribution >= 4 is 27.5 Å². The predicted molar refractivity (Wildman–Crippen MR) is 137 cm³/mol. The van der Waals surface area contributed by atoms with Crippen LogP contribution in [0.5, 0.6) is 17.4 Å². The third kappa shape index (κ3) is 5.92. The highest BCUT2D eigenvalue weighted by Crippen LogP contribution is 2.33. The Balaban J connectivity index is 1.54. The van der Waals surface area contributed by atoms with Crippen LogP contribution in [0.2, 0.25) is 0 Å². The van der Waals surface area contributed by atoms with Crippen molar-refractivity contribution in [2.45, 2.75) is 31.7 Å². The zero-order valence-corrected chi connectivity index (χ0v) is 21.2. The first-order valence-corrected chi connectivity index (χ1v) is 12.9. The number of aromatic nitrogens is 3. The van der Waals surface area contributed by atoms with Crippen LogP contribution < -0.4 is 20.1 Å². The van der Waals surface area contributed by atoms with E-state index in [4.69, 9.17) is 13.9 Å². The van der Waals surface area contributed by atoms with Crippen molar-refractivity contribution in [3.05, 3.63) is 60.9 Å². The molecular formula is C25H27N5O5S. The van der Waals surface area contributed by atoms with E-state index < -0.39 is 9.84 Å². The lowest BCUT2D eigenvalue weighted by molar-refractivity contribution is 0.416. The molecule has 10 nitrogen and oxygen atoms in total. The molecule has 0 saturated heterocycles. The van der Waals surface area contributed by atoms with Crippen molar-refractivity contribution in [3.63, 3.8) is 0 Å². The fourth-order valence-electron chi connectivity index (χ4n) is 3.29. The van der Waals surface area contributed by atoms with Crippen LogP contribution in [0.3, 0.4) is 0 Å². The average molecular weight is 510 g/mol. The lowest BCUT2D eigenvalue weighted by Crippen LogP contribution is -2.12. The van der Waals surface area contributed by atoms with E-state index in [1.54, 1.807) is 43.6 Å². The highest BCUT2D eigenvalue weighted by Gasteiger charge is 2.16. The number of nitrogens with zero attached hydrogens (tertiary/aromatic N) is 3. The van der Waals surface area contributed by atoms with Crippen molar-refractivity contribution < 1.29 is 22.3 Å². The van der Waals surface area contributed by atoms with Gasteiger partial charge in [-0.1, -0.05) is 19.1 Å². The summed E-state index contributed by atoms with van der Waals surface area (Å²) < 4.78 is 41.7. The Labute approximate surface area is 209 Å². The molecule has 0 amide bonds. The van der Waals surface area contributed by atoms with Crippen LogP contribution in [0.4, 0.5) is 17.7 Å². The molecule has 4 rings (SSSR count). The van der Waals surface area contributed by atoms with Gasteiger partial charge >= 0.3 is 0 Å². The molecule has 2 aromatic heterocycles. The SMILES string of the molecule is CCS(=O)(=O)c1ccc(OC)c(Nc2ncc(-c3cccc(Oc4ccnc(NC(C)C)n4)c3)o2)c1. The van der Waals surface area contributed by atoms with E-state index in [0.717, 1.165) is 5.56 Å². The molecule has 0 unspecified atom stereocenters. The number of sulfone groups is 1. The van der Waals surface area contributed by atoms with Gasteiger partial charge in [0.2, 0.25) is 11.8 Å². The molecule has 0 radical (unpaired) electrons. The molecule has 0 aliphatic carbocycles. The molecule has 2 heterocycles. The monoisotopic (exact) mass is 509 g/mol. The maximum absolute atomic E-state index is 12.3. The van der Waals surface area contributed by atoms with Crippen molar-refractivity contribution in [1.29, 1.82) is 0 Å². The molecule has 2 aromatic carbocycles. The van der Waals surface area contributed by atoms with Gasteiger partial charge < -0.3 is 24.5 Å². The van der Waals surface area contributed by atoms with Gasteiger partial charge in [0.05, 0.1) is 29.6 Å². The minimum absolute atomic E-state index is 0.00903. The Morgan fingerprint density at radius 3 is 2.67 bits per heavy atom. The van der Waals surface area contributed by atoms with Gasteiger partial charge in [-0.2, -0.15) is 4.98 Å². The van der Waals surface area contributed by atoms with Crippen molar-refractivity contribution in [2.24, 2.45) is 0 Å². The summed E-state index contributed by atoms with van der Waals surface area (Å²) >= 11 is 0. The standard InChI is InChI=1S/C25H27N5O5S/c1-5-36(31,32)19-9-10-21(33-4)20(14-19)29-25-27-15-22(35-25)17-7-6-8-18(13-17)34-23-11-12-26-24(30-23)28-16(2)3/h6-16H,5H2,1-4H3,(H,27,29)(H,26,28,30). The van der Waals surface area contributed by atoms with E-state index in [1.165, 1.54) is 19.2 Å². The molecular weight excluding hydrogens is 482 g/mol. The topological polar surface area (TPSA) is 128 Å². The smallest absolute Gasteiger partial charge is 0.299 e. The lowest BCUT2D eigenvalue weighted by atomic mass is 10.2. The number of methoxy groups -OCH3 is 1. The van der Waals surface area contributed by atoms with Gasteiger partial charge in [-0.05, 0) is 44.2 Å². The highest BCUT2D eigenvalue weighted by molar-refractivity contribution is 7.91. The number of nitrogens with one attached hydrogen (secondary N) is 2. The average Bonchev–Trinajstić information content (AvgIpc) is 3.32. The number of oxazole rings is 1. The first kappa shape index (κ1) is 25.0. The van der Waals surface area contributed by atoms with Crippen LogP contribution >= 0.6 is 0 Å². The summed E-state index contributed by atoms with van der Waals surface area (Å²) in [5, 5.41) is 6.14. The Morgan fingerprint density at radius 1 is 1.08 bits per heavy atom. The summed E-state index contributed by atoms with van der Waals surface area (Å²) in [4.78, 5) is 13.0. The summed E-state index contributed by atoms with van der Waals surface area (Å²) in [6.07, 6.45) is 3.19. The van der Waals surface area contributed by atoms with Crippen molar-refractivity contribution in [2.75, 3.05) is 23.5 Å². The quantitative estimate of drug-likeness (QED) is 0.291. The Morgan fingerprint density at radius 2 is 1.92 bits per heavy atom. The summed E-state index contributed by atoms with van der Waals surface area (Å²) in [5.41, 5.74) is 1.16. The van der Waals surface area contributed by atoms with E-state index in [2.05, 4.69) is 25.6 Å².